The van der Waals surface area contributed by atoms with Crippen LogP contribution in [-0.4, -0.2) is 45.3 Å². The highest BCUT2D eigenvalue weighted by molar-refractivity contribution is 5.97. The van der Waals surface area contributed by atoms with Crippen LogP contribution in [-0.2, 0) is 11.2 Å². The van der Waals surface area contributed by atoms with Crippen LogP contribution in [0.15, 0.2) is 55.1 Å². The number of carbonyl (C=O) groups excluding carboxylic acids is 1. The van der Waals surface area contributed by atoms with E-state index in [1.165, 1.54) is 5.56 Å². The maximum atomic E-state index is 13.2. The first kappa shape index (κ1) is 16.9. The van der Waals surface area contributed by atoms with Gasteiger partial charge in [0.05, 0.1) is 5.92 Å². The molecule has 2 aromatic heterocycles. The Hall–Kier alpha value is -3.22. The molecule has 7 heteroatoms. The molecular weight excluding hydrogens is 352 g/mol. The summed E-state index contributed by atoms with van der Waals surface area (Å²) < 4.78 is 1.72. The second-order valence-corrected chi connectivity index (χ2v) is 7.34. The van der Waals surface area contributed by atoms with Crippen molar-refractivity contribution in [3.8, 4) is 5.82 Å². The lowest BCUT2D eigenvalue weighted by atomic mass is 9.96. The van der Waals surface area contributed by atoms with Crippen LogP contribution in [0.5, 0.6) is 0 Å². The molecule has 2 aliphatic rings. The molecule has 1 saturated heterocycles. The van der Waals surface area contributed by atoms with Crippen molar-refractivity contribution < 1.29 is 4.79 Å². The molecule has 5 rings (SSSR count). The highest BCUT2D eigenvalue weighted by Crippen LogP contribution is 2.31. The van der Waals surface area contributed by atoms with Gasteiger partial charge in [0.15, 0.2) is 5.82 Å². The summed E-state index contributed by atoms with van der Waals surface area (Å²) in [6, 6.07) is 12.0. The Balaban J connectivity index is 1.34. The summed E-state index contributed by atoms with van der Waals surface area (Å²) in [6.07, 6.45) is 7.99. The first-order valence-corrected chi connectivity index (χ1v) is 9.76. The minimum Gasteiger partial charge on any atom is -0.356 e. The Morgan fingerprint density at radius 2 is 1.96 bits per heavy atom. The SMILES string of the molecule is O=C(C1CCCN(c2cc(-n3cccn3)ncn2)C1)N1CCc2ccccc21. The van der Waals surface area contributed by atoms with E-state index in [4.69, 9.17) is 0 Å². The number of hydrogen-bond acceptors (Lipinski definition) is 5. The minimum absolute atomic E-state index is 0.0111. The van der Waals surface area contributed by atoms with Gasteiger partial charge < -0.3 is 9.80 Å². The van der Waals surface area contributed by atoms with Crippen molar-refractivity contribution in [1.82, 2.24) is 19.7 Å². The molecule has 0 radical (unpaired) electrons. The molecule has 142 valence electrons. The van der Waals surface area contributed by atoms with Crippen molar-refractivity contribution in [2.24, 2.45) is 5.92 Å². The summed E-state index contributed by atoms with van der Waals surface area (Å²) in [5.41, 5.74) is 2.34. The van der Waals surface area contributed by atoms with Gasteiger partial charge in [-0.2, -0.15) is 5.10 Å². The lowest BCUT2D eigenvalue weighted by Gasteiger charge is -2.34. The van der Waals surface area contributed by atoms with Crippen molar-refractivity contribution in [3.63, 3.8) is 0 Å². The molecule has 0 spiro atoms. The standard InChI is InChI=1S/C21H22N6O/c28-21(26-12-8-16-5-1-2-7-18(16)26)17-6-3-10-25(14-17)19-13-20(23-15-22-19)27-11-4-9-24-27/h1-2,4-5,7,9,11,13,15,17H,3,6,8,10,12,14H2. The third kappa shape index (κ3) is 3.02. The van der Waals surface area contributed by atoms with Crippen molar-refractivity contribution >= 4 is 17.4 Å². The normalized spacial score (nSPS) is 18.9. The Bertz CT molecular complexity index is 986. The van der Waals surface area contributed by atoms with Gasteiger partial charge >= 0.3 is 0 Å². The average molecular weight is 374 g/mol. The molecule has 0 N–H and O–H groups in total. The Morgan fingerprint density at radius 3 is 2.86 bits per heavy atom. The van der Waals surface area contributed by atoms with Crippen LogP contribution >= 0.6 is 0 Å². The zero-order valence-corrected chi connectivity index (χ0v) is 15.6. The van der Waals surface area contributed by atoms with Crippen LogP contribution in [0.1, 0.15) is 18.4 Å². The molecule has 3 aromatic rings. The van der Waals surface area contributed by atoms with Crippen LogP contribution in [0, 0.1) is 5.92 Å². The largest absolute Gasteiger partial charge is 0.356 e. The van der Waals surface area contributed by atoms with E-state index in [0.29, 0.717) is 6.54 Å². The topological polar surface area (TPSA) is 67.2 Å². The van der Waals surface area contributed by atoms with Gasteiger partial charge in [-0.15, -0.1) is 0 Å². The zero-order valence-electron chi connectivity index (χ0n) is 15.6. The molecule has 1 atom stereocenters. The molecule has 0 saturated carbocycles. The number of nitrogens with zero attached hydrogens (tertiary/aromatic N) is 6. The van der Waals surface area contributed by atoms with Crippen molar-refractivity contribution in [2.75, 3.05) is 29.4 Å². The molecule has 0 aliphatic carbocycles. The fraction of sp³-hybridized carbons (Fsp3) is 0.333. The second-order valence-electron chi connectivity index (χ2n) is 7.34. The summed E-state index contributed by atoms with van der Waals surface area (Å²) in [6.45, 7) is 2.37. The maximum absolute atomic E-state index is 13.2. The molecular formula is C21H22N6O. The number of aromatic nitrogens is 4. The maximum Gasteiger partial charge on any atom is 0.231 e. The number of amides is 1. The van der Waals surface area contributed by atoms with Crippen molar-refractivity contribution in [1.29, 1.82) is 0 Å². The summed E-state index contributed by atoms with van der Waals surface area (Å²) in [5, 5.41) is 4.24. The number of carbonyl (C=O) groups is 1. The quantitative estimate of drug-likeness (QED) is 0.705. The lowest BCUT2D eigenvalue weighted by Crippen LogP contribution is -2.45. The number of anilines is 2. The van der Waals surface area contributed by atoms with E-state index in [0.717, 1.165) is 49.7 Å². The summed E-state index contributed by atoms with van der Waals surface area (Å²) >= 11 is 0. The summed E-state index contributed by atoms with van der Waals surface area (Å²) in [5.74, 6) is 1.80. The van der Waals surface area contributed by atoms with E-state index in [9.17, 15) is 4.79 Å². The van der Waals surface area contributed by atoms with E-state index in [-0.39, 0.29) is 11.8 Å². The van der Waals surface area contributed by atoms with Crippen LogP contribution in [0.2, 0.25) is 0 Å². The summed E-state index contributed by atoms with van der Waals surface area (Å²) in [4.78, 5) is 26.2. The Morgan fingerprint density at radius 1 is 1.07 bits per heavy atom. The Labute approximate surface area is 163 Å². The first-order chi connectivity index (χ1) is 13.8. The molecule has 28 heavy (non-hydrogen) atoms. The predicted molar refractivity (Wildman–Crippen MR) is 107 cm³/mol. The number of fused-ring (bicyclic) bond motifs is 1. The third-order valence-electron chi connectivity index (χ3n) is 5.63. The van der Waals surface area contributed by atoms with E-state index >= 15 is 0 Å². The van der Waals surface area contributed by atoms with Crippen LogP contribution in [0.4, 0.5) is 11.5 Å². The molecule has 0 bridgehead atoms. The van der Waals surface area contributed by atoms with Gasteiger partial charge in [-0.25, -0.2) is 14.6 Å². The molecule has 1 unspecified atom stereocenters. The zero-order chi connectivity index (χ0) is 18.9. The number of benzene rings is 1. The fourth-order valence-electron chi connectivity index (χ4n) is 4.21. The summed E-state index contributed by atoms with van der Waals surface area (Å²) in [7, 11) is 0. The van der Waals surface area contributed by atoms with Crippen LogP contribution in [0.25, 0.3) is 5.82 Å². The highest BCUT2D eigenvalue weighted by Gasteiger charge is 2.33. The molecule has 1 aromatic carbocycles. The molecule has 1 amide bonds. The molecule has 4 heterocycles. The van der Waals surface area contributed by atoms with E-state index in [2.05, 4.69) is 32.1 Å². The van der Waals surface area contributed by atoms with Gasteiger partial charge in [-0.3, -0.25) is 4.79 Å². The lowest BCUT2D eigenvalue weighted by molar-refractivity contribution is -0.122. The van der Waals surface area contributed by atoms with E-state index in [1.54, 1.807) is 17.2 Å². The highest BCUT2D eigenvalue weighted by atomic mass is 16.2. The van der Waals surface area contributed by atoms with E-state index < -0.39 is 0 Å². The van der Waals surface area contributed by atoms with Gasteiger partial charge in [0.2, 0.25) is 5.91 Å². The van der Waals surface area contributed by atoms with Gasteiger partial charge in [0.1, 0.15) is 12.1 Å². The fourth-order valence-corrected chi connectivity index (χ4v) is 4.21. The monoisotopic (exact) mass is 374 g/mol. The van der Waals surface area contributed by atoms with Gasteiger partial charge in [-0.05, 0) is 37.0 Å². The molecule has 7 nitrogen and oxygen atoms in total. The number of para-hydroxylation sites is 1. The number of piperidine rings is 1. The van der Waals surface area contributed by atoms with Crippen molar-refractivity contribution in [2.45, 2.75) is 19.3 Å². The van der Waals surface area contributed by atoms with Gasteiger partial charge in [0, 0.05) is 43.8 Å². The Kier molecular flexibility index (Phi) is 4.27. The number of rotatable bonds is 3. The first-order valence-electron chi connectivity index (χ1n) is 9.76. The predicted octanol–water partition coefficient (Wildman–Crippen LogP) is 2.47. The van der Waals surface area contributed by atoms with Gasteiger partial charge in [-0.1, -0.05) is 18.2 Å². The molecule has 2 aliphatic heterocycles. The minimum atomic E-state index is -0.0111. The third-order valence-corrected chi connectivity index (χ3v) is 5.63. The molecule has 1 fully saturated rings. The van der Waals surface area contributed by atoms with Crippen LogP contribution < -0.4 is 9.80 Å². The smallest absolute Gasteiger partial charge is 0.231 e. The van der Waals surface area contributed by atoms with Crippen LogP contribution in [0.3, 0.4) is 0 Å². The number of hydrogen-bond donors (Lipinski definition) is 0. The average Bonchev–Trinajstić information content (AvgIpc) is 3.44. The van der Waals surface area contributed by atoms with Gasteiger partial charge in [0.25, 0.3) is 0 Å². The second kappa shape index (κ2) is 7.07. The van der Waals surface area contributed by atoms with Crippen molar-refractivity contribution in [3.05, 3.63) is 60.7 Å². The van der Waals surface area contributed by atoms with E-state index in [1.807, 2.05) is 35.4 Å².